The van der Waals surface area contributed by atoms with Crippen molar-refractivity contribution in [2.75, 3.05) is 27.3 Å². The van der Waals surface area contributed by atoms with E-state index in [1.54, 1.807) is 14.2 Å². The quantitative estimate of drug-likeness (QED) is 0.690. The van der Waals surface area contributed by atoms with E-state index in [0.29, 0.717) is 19.5 Å². The predicted molar refractivity (Wildman–Crippen MR) is 124 cm³/mol. The molecule has 1 heterocycles. The maximum atomic E-state index is 12.9. The largest absolute Gasteiger partial charge is 0.497 e. The zero-order valence-electron chi connectivity index (χ0n) is 19.0. The van der Waals surface area contributed by atoms with Gasteiger partial charge in [0.1, 0.15) is 11.5 Å². The van der Waals surface area contributed by atoms with Crippen LogP contribution in [-0.4, -0.2) is 48.8 Å². The maximum Gasteiger partial charge on any atom is 0.234 e. The Labute approximate surface area is 190 Å². The van der Waals surface area contributed by atoms with Gasteiger partial charge in [-0.3, -0.25) is 9.69 Å². The van der Waals surface area contributed by atoms with Crippen molar-refractivity contribution >= 4 is 5.91 Å². The number of fused-ring (bicyclic) bond motifs is 1. The molecule has 6 nitrogen and oxygen atoms in total. The molecule has 1 saturated heterocycles. The number of methoxy groups -OCH3 is 2. The fourth-order valence-corrected chi connectivity index (χ4v) is 5.44. The molecule has 2 fully saturated rings. The molecule has 2 aliphatic rings. The minimum atomic E-state index is -0.700. The molecule has 1 aliphatic heterocycles. The van der Waals surface area contributed by atoms with Gasteiger partial charge in [0.15, 0.2) is 0 Å². The van der Waals surface area contributed by atoms with Gasteiger partial charge in [-0.1, -0.05) is 43.2 Å². The maximum absolute atomic E-state index is 12.9. The highest BCUT2D eigenvalue weighted by molar-refractivity contribution is 5.78. The van der Waals surface area contributed by atoms with E-state index in [-0.39, 0.29) is 24.4 Å². The van der Waals surface area contributed by atoms with Gasteiger partial charge < -0.3 is 19.9 Å². The van der Waals surface area contributed by atoms with Crippen LogP contribution in [0.25, 0.3) is 0 Å². The third kappa shape index (κ3) is 4.76. The molecule has 6 heteroatoms. The summed E-state index contributed by atoms with van der Waals surface area (Å²) in [4.78, 5) is 15.1. The Kier molecular flexibility index (Phi) is 7.01. The lowest BCUT2D eigenvalue weighted by Crippen LogP contribution is -2.56. The molecule has 2 aromatic carbocycles. The molecule has 3 atom stereocenters. The van der Waals surface area contributed by atoms with Crippen molar-refractivity contribution < 1.29 is 19.4 Å². The summed E-state index contributed by atoms with van der Waals surface area (Å²) in [5.41, 5.74) is 1.36. The second-order valence-corrected chi connectivity index (χ2v) is 8.99. The lowest BCUT2D eigenvalue weighted by Gasteiger charge is -2.52. The summed E-state index contributed by atoms with van der Waals surface area (Å²) >= 11 is 0. The van der Waals surface area contributed by atoms with Crippen LogP contribution < -0.4 is 14.8 Å². The van der Waals surface area contributed by atoms with E-state index in [1.165, 1.54) is 0 Å². The first kappa shape index (κ1) is 22.6. The standard InChI is InChI=1S/C26H34N2O4/c1-31-20-11-12-23(32-2)21(16-20)25-22-10-6-7-13-26(22,30)14-15-28(25)18-24(29)27-17-19-8-4-3-5-9-19/h3-5,8-9,11-12,16,22,25,30H,6-7,10,13-15,17-18H2,1-2H3,(H,27,29)/t22-,25+,26+/m1/s1. The van der Waals surface area contributed by atoms with Gasteiger partial charge in [-0.15, -0.1) is 0 Å². The highest BCUT2D eigenvalue weighted by Crippen LogP contribution is 2.51. The molecule has 172 valence electrons. The lowest BCUT2D eigenvalue weighted by atomic mass is 9.66. The summed E-state index contributed by atoms with van der Waals surface area (Å²) in [6.07, 6.45) is 4.57. The van der Waals surface area contributed by atoms with Crippen molar-refractivity contribution in [1.29, 1.82) is 0 Å². The number of hydrogen-bond donors (Lipinski definition) is 2. The highest BCUT2D eigenvalue weighted by Gasteiger charge is 2.49. The predicted octanol–water partition coefficient (Wildman–Crippen LogP) is 3.69. The van der Waals surface area contributed by atoms with Crippen LogP contribution in [0.2, 0.25) is 0 Å². The smallest absolute Gasteiger partial charge is 0.234 e. The number of carbonyl (C=O) groups excluding carboxylic acids is 1. The molecular weight excluding hydrogens is 404 g/mol. The molecule has 4 rings (SSSR count). The van der Waals surface area contributed by atoms with Crippen LogP contribution in [0.5, 0.6) is 11.5 Å². The minimum Gasteiger partial charge on any atom is -0.497 e. The summed E-state index contributed by atoms with van der Waals surface area (Å²) < 4.78 is 11.2. The lowest BCUT2D eigenvalue weighted by molar-refractivity contribution is -0.138. The average molecular weight is 439 g/mol. The second kappa shape index (κ2) is 9.92. The van der Waals surface area contributed by atoms with E-state index in [1.807, 2.05) is 48.5 Å². The molecule has 1 amide bonds. The Bertz CT molecular complexity index is 919. The van der Waals surface area contributed by atoms with Gasteiger partial charge in [-0.05, 0) is 43.0 Å². The van der Waals surface area contributed by atoms with E-state index >= 15 is 0 Å². The molecule has 2 aromatic rings. The Morgan fingerprint density at radius 1 is 1.12 bits per heavy atom. The van der Waals surface area contributed by atoms with Gasteiger partial charge in [0.2, 0.25) is 5.91 Å². The number of nitrogens with one attached hydrogen (secondary N) is 1. The molecule has 0 unspecified atom stereocenters. The van der Waals surface area contributed by atoms with Crippen LogP contribution >= 0.6 is 0 Å². The van der Waals surface area contributed by atoms with Gasteiger partial charge in [-0.25, -0.2) is 0 Å². The Morgan fingerprint density at radius 2 is 1.94 bits per heavy atom. The molecule has 32 heavy (non-hydrogen) atoms. The zero-order chi connectivity index (χ0) is 22.6. The summed E-state index contributed by atoms with van der Waals surface area (Å²) in [5.74, 6) is 1.55. The van der Waals surface area contributed by atoms with Gasteiger partial charge in [0.05, 0.1) is 26.4 Å². The van der Waals surface area contributed by atoms with Crippen LogP contribution in [-0.2, 0) is 11.3 Å². The number of hydrogen-bond acceptors (Lipinski definition) is 5. The highest BCUT2D eigenvalue weighted by atomic mass is 16.5. The van der Waals surface area contributed by atoms with E-state index in [2.05, 4.69) is 10.2 Å². The Morgan fingerprint density at radius 3 is 2.69 bits per heavy atom. The molecule has 0 radical (unpaired) electrons. The number of amides is 1. The van der Waals surface area contributed by atoms with Crippen molar-refractivity contribution in [2.24, 2.45) is 5.92 Å². The first-order valence-electron chi connectivity index (χ1n) is 11.5. The summed E-state index contributed by atoms with van der Waals surface area (Å²) in [6, 6.07) is 15.6. The van der Waals surface area contributed by atoms with Crippen LogP contribution in [0.4, 0.5) is 0 Å². The van der Waals surface area contributed by atoms with Gasteiger partial charge >= 0.3 is 0 Å². The molecule has 1 aliphatic carbocycles. The van der Waals surface area contributed by atoms with Gasteiger partial charge in [-0.2, -0.15) is 0 Å². The summed E-state index contributed by atoms with van der Waals surface area (Å²) in [7, 11) is 3.32. The minimum absolute atomic E-state index is 0.0121. The van der Waals surface area contributed by atoms with Gasteiger partial charge in [0, 0.05) is 30.6 Å². The molecule has 1 saturated carbocycles. The average Bonchev–Trinajstić information content (AvgIpc) is 2.83. The third-order valence-corrected chi connectivity index (χ3v) is 7.11. The van der Waals surface area contributed by atoms with Crippen molar-refractivity contribution in [3.05, 3.63) is 59.7 Å². The SMILES string of the molecule is COc1ccc(OC)c([C@H]2[C@H]3CCCC[C@]3(O)CCN2CC(=O)NCc2ccccc2)c1. The number of ether oxygens (including phenoxy) is 2. The van der Waals surface area contributed by atoms with E-state index in [9.17, 15) is 9.90 Å². The monoisotopic (exact) mass is 438 g/mol. The summed E-state index contributed by atoms with van der Waals surface area (Å²) in [6.45, 7) is 1.45. The Hall–Kier alpha value is -2.57. The van der Waals surface area contributed by atoms with Crippen molar-refractivity contribution in [3.8, 4) is 11.5 Å². The number of carbonyl (C=O) groups is 1. The number of piperidine rings is 1. The fraction of sp³-hybridized carbons (Fsp3) is 0.500. The number of aliphatic hydroxyl groups is 1. The van der Waals surface area contributed by atoms with Crippen molar-refractivity contribution in [2.45, 2.75) is 50.3 Å². The number of likely N-dealkylation sites (tertiary alicyclic amines) is 1. The molecule has 0 aromatic heterocycles. The normalized spacial score (nSPS) is 25.6. The summed E-state index contributed by atoms with van der Waals surface area (Å²) in [5, 5.41) is 14.6. The van der Waals surface area contributed by atoms with Crippen LogP contribution in [0.3, 0.4) is 0 Å². The molecule has 0 spiro atoms. The topological polar surface area (TPSA) is 71.0 Å². The first-order chi connectivity index (χ1) is 15.5. The van der Waals surface area contributed by atoms with Crippen LogP contribution in [0, 0.1) is 5.92 Å². The van der Waals surface area contributed by atoms with Crippen molar-refractivity contribution in [1.82, 2.24) is 10.2 Å². The molecule has 0 bridgehead atoms. The van der Waals surface area contributed by atoms with Crippen LogP contribution in [0.1, 0.15) is 49.3 Å². The number of nitrogens with zero attached hydrogens (tertiary/aromatic N) is 1. The van der Waals surface area contributed by atoms with E-state index in [0.717, 1.165) is 48.3 Å². The fourth-order valence-electron chi connectivity index (χ4n) is 5.44. The van der Waals surface area contributed by atoms with Crippen LogP contribution in [0.15, 0.2) is 48.5 Å². The Balaban J connectivity index is 1.60. The third-order valence-electron chi connectivity index (χ3n) is 7.11. The second-order valence-electron chi connectivity index (χ2n) is 8.99. The van der Waals surface area contributed by atoms with E-state index < -0.39 is 5.60 Å². The van der Waals surface area contributed by atoms with Gasteiger partial charge in [0.25, 0.3) is 0 Å². The molecule has 2 N–H and O–H groups in total. The zero-order valence-corrected chi connectivity index (χ0v) is 19.0. The molecular formula is C26H34N2O4. The van der Waals surface area contributed by atoms with Crippen molar-refractivity contribution in [3.63, 3.8) is 0 Å². The first-order valence-corrected chi connectivity index (χ1v) is 11.5. The number of rotatable bonds is 7. The van der Waals surface area contributed by atoms with E-state index in [4.69, 9.17) is 9.47 Å². The number of benzene rings is 2.